The van der Waals surface area contributed by atoms with Crippen LogP contribution in [0.3, 0.4) is 0 Å². The number of halogens is 3. The van der Waals surface area contributed by atoms with Gasteiger partial charge in [0.2, 0.25) is 0 Å². The molecule has 0 saturated heterocycles. The van der Waals surface area contributed by atoms with Gasteiger partial charge in [-0.2, -0.15) is 13.2 Å². The van der Waals surface area contributed by atoms with E-state index in [1.54, 1.807) is 0 Å². The molecule has 3 nitrogen and oxygen atoms in total. The average Bonchev–Trinajstić information content (AvgIpc) is 2.15. The Morgan fingerprint density at radius 3 is 2.73 bits per heavy atom. The van der Waals surface area contributed by atoms with Crippen molar-refractivity contribution in [2.75, 3.05) is 6.61 Å². The fourth-order valence-electron chi connectivity index (χ4n) is 1.24. The van der Waals surface area contributed by atoms with Gasteiger partial charge in [0, 0.05) is 0 Å². The molecule has 80 valence electrons. The summed E-state index contributed by atoms with van der Waals surface area (Å²) in [6, 6.07) is 3.12. The molecular formula is C9H7F3N2O. The van der Waals surface area contributed by atoms with Gasteiger partial charge in [0.1, 0.15) is 23.9 Å². The van der Waals surface area contributed by atoms with Crippen molar-refractivity contribution in [1.82, 2.24) is 0 Å². The van der Waals surface area contributed by atoms with Crippen molar-refractivity contribution in [3.8, 4) is 5.75 Å². The third-order valence-corrected chi connectivity index (χ3v) is 1.93. The van der Waals surface area contributed by atoms with E-state index in [1.165, 1.54) is 6.07 Å². The van der Waals surface area contributed by atoms with Gasteiger partial charge in [0.05, 0.1) is 5.56 Å². The molecule has 2 rings (SSSR count). The Balaban J connectivity index is 2.47. The van der Waals surface area contributed by atoms with E-state index in [0.717, 1.165) is 12.1 Å². The number of ether oxygens (including phenoxy) is 1. The third kappa shape index (κ3) is 1.88. The van der Waals surface area contributed by atoms with Crippen molar-refractivity contribution >= 4 is 11.5 Å². The maximum Gasteiger partial charge on any atom is 0.416 e. The minimum Gasteiger partial charge on any atom is -0.483 e. The predicted molar refractivity (Wildman–Crippen MR) is 48.2 cm³/mol. The van der Waals surface area contributed by atoms with Gasteiger partial charge in [-0.15, -0.1) is 0 Å². The average molecular weight is 216 g/mol. The fourth-order valence-corrected chi connectivity index (χ4v) is 1.24. The van der Waals surface area contributed by atoms with E-state index in [9.17, 15) is 13.2 Å². The molecule has 2 N–H and O–H groups in total. The van der Waals surface area contributed by atoms with Crippen molar-refractivity contribution in [2.24, 2.45) is 10.7 Å². The molecule has 0 aliphatic carbocycles. The van der Waals surface area contributed by atoms with Gasteiger partial charge in [-0.3, -0.25) is 0 Å². The molecule has 1 heterocycles. The number of nitrogens with zero attached hydrogens (tertiary/aromatic N) is 1. The van der Waals surface area contributed by atoms with Gasteiger partial charge in [0.25, 0.3) is 0 Å². The summed E-state index contributed by atoms with van der Waals surface area (Å²) >= 11 is 0. The number of aliphatic imine (C=N–C) groups is 1. The second-order valence-corrected chi connectivity index (χ2v) is 3.07. The summed E-state index contributed by atoms with van der Waals surface area (Å²) in [7, 11) is 0. The zero-order chi connectivity index (χ0) is 11.1. The summed E-state index contributed by atoms with van der Waals surface area (Å²) in [5, 5.41) is 0. The summed E-state index contributed by atoms with van der Waals surface area (Å²) in [4.78, 5) is 3.79. The zero-order valence-corrected chi connectivity index (χ0v) is 7.51. The second kappa shape index (κ2) is 3.15. The molecular weight excluding hydrogens is 209 g/mol. The van der Waals surface area contributed by atoms with Crippen molar-refractivity contribution < 1.29 is 17.9 Å². The first kappa shape index (κ1) is 9.82. The van der Waals surface area contributed by atoms with Gasteiger partial charge in [-0.1, -0.05) is 0 Å². The van der Waals surface area contributed by atoms with Crippen molar-refractivity contribution in [2.45, 2.75) is 6.18 Å². The first-order chi connectivity index (χ1) is 6.97. The molecule has 1 aliphatic rings. The van der Waals surface area contributed by atoms with Crippen LogP contribution in [0.15, 0.2) is 23.2 Å². The number of nitrogens with two attached hydrogens (primary N) is 1. The second-order valence-electron chi connectivity index (χ2n) is 3.07. The fraction of sp³-hybridized carbons (Fsp3) is 0.222. The zero-order valence-electron chi connectivity index (χ0n) is 7.51. The van der Waals surface area contributed by atoms with Gasteiger partial charge in [0.15, 0.2) is 0 Å². The minimum absolute atomic E-state index is 0.109. The number of fused-ring (bicyclic) bond motifs is 1. The molecule has 0 unspecified atom stereocenters. The quantitative estimate of drug-likeness (QED) is 0.721. The molecule has 1 aromatic carbocycles. The predicted octanol–water partition coefficient (Wildman–Crippen LogP) is 2.09. The van der Waals surface area contributed by atoms with Crippen LogP contribution in [0, 0.1) is 0 Å². The molecule has 0 aromatic heterocycles. The Morgan fingerprint density at radius 1 is 1.33 bits per heavy atom. The number of benzene rings is 1. The van der Waals surface area contributed by atoms with E-state index in [2.05, 4.69) is 4.99 Å². The standard InChI is InChI=1S/C9H7F3N2O/c10-9(11,12)5-1-2-7-6(3-5)14-8(13)4-15-7/h1-3H,4H2,(H2,13,14). The lowest BCUT2D eigenvalue weighted by atomic mass is 10.1. The summed E-state index contributed by atoms with van der Waals surface area (Å²) in [5.74, 6) is 0.485. The molecule has 0 bridgehead atoms. The van der Waals surface area contributed by atoms with E-state index in [-0.39, 0.29) is 18.1 Å². The number of hydrogen-bond acceptors (Lipinski definition) is 3. The molecule has 1 aliphatic heterocycles. The normalized spacial score (nSPS) is 15.3. The van der Waals surface area contributed by atoms with Crippen molar-refractivity contribution in [3.05, 3.63) is 23.8 Å². The van der Waals surface area contributed by atoms with Crippen LogP contribution >= 0.6 is 0 Å². The van der Waals surface area contributed by atoms with Crippen LogP contribution in [0.1, 0.15) is 5.56 Å². The monoisotopic (exact) mass is 216 g/mol. The SMILES string of the molecule is NC1=Nc2cc(C(F)(F)F)ccc2OC1. The number of hydrogen-bond donors (Lipinski definition) is 1. The highest BCUT2D eigenvalue weighted by atomic mass is 19.4. The maximum absolute atomic E-state index is 12.3. The van der Waals surface area contributed by atoms with E-state index >= 15 is 0 Å². The maximum atomic E-state index is 12.3. The Hall–Kier alpha value is -1.72. The van der Waals surface area contributed by atoms with Crippen molar-refractivity contribution in [3.63, 3.8) is 0 Å². The van der Waals surface area contributed by atoms with Crippen LogP contribution in [0.4, 0.5) is 18.9 Å². The summed E-state index contributed by atoms with van der Waals surface area (Å²) in [6.45, 7) is 0.109. The van der Waals surface area contributed by atoms with Crippen LogP contribution < -0.4 is 10.5 Å². The summed E-state index contributed by atoms with van der Waals surface area (Å²) < 4.78 is 42.1. The topological polar surface area (TPSA) is 47.6 Å². The van der Waals surface area contributed by atoms with Crippen LogP contribution in [0.2, 0.25) is 0 Å². The Labute approximate surface area is 83.4 Å². The minimum atomic E-state index is -4.38. The smallest absolute Gasteiger partial charge is 0.416 e. The molecule has 6 heteroatoms. The van der Waals surface area contributed by atoms with E-state index in [0.29, 0.717) is 5.75 Å². The Morgan fingerprint density at radius 2 is 2.07 bits per heavy atom. The number of rotatable bonds is 0. The van der Waals surface area contributed by atoms with Gasteiger partial charge >= 0.3 is 6.18 Å². The lowest BCUT2D eigenvalue weighted by Crippen LogP contribution is -2.23. The van der Waals surface area contributed by atoms with E-state index < -0.39 is 11.7 Å². The summed E-state index contributed by atoms with van der Waals surface area (Å²) in [6.07, 6.45) is -4.38. The largest absolute Gasteiger partial charge is 0.483 e. The molecule has 0 saturated carbocycles. The highest BCUT2D eigenvalue weighted by molar-refractivity contribution is 5.87. The molecule has 0 amide bonds. The van der Waals surface area contributed by atoms with Crippen LogP contribution in [0.5, 0.6) is 5.75 Å². The van der Waals surface area contributed by atoms with E-state index in [4.69, 9.17) is 10.5 Å². The van der Waals surface area contributed by atoms with Crippen molar-refractivity contribution in [1.29, 1.82) is 0 Å². The molecule has 1 aromatic rings. The molecule has 0 radical (unpaired) electrons. The molecule has 0 spiro atoms. The number of alkyl halides is 3. The first-order valence-corrected chi connectivity index (χ1v) is 4.14. The van der Waals surface area contributed by atoms with Crippen LogP contribution in [-0.4, -0.2) is 12.4 Å². The Bertz CT molecular complexity index is 426. The van der Waals surface area contributed by atoms with Gasteiger partial charge < -0.3 is 10.5 Å². The first-order valence-electron chi connectivity index (χ1n) is 4.14. The number of amidine groups is 1. The lowest BCUT2D eigenvalue weighted by Gasteiger charge is -2.16. The van der Waals surface area contributed by atoms with E-state index in [1.807, 2.05) is 0 Å². The van der Waals surface area contributed by atoms with Gasteiger partial charge in [-0.05, 0) is 18.2 Å². The highest BCUT2D eigenvalue weighted by Crippen LogP contribution is 2.37. The van der Waals surface area contributed by atoms with Crippen LogP contribution in [0.25, 0.3) is 0 Å². The van der Waals surface area contributed by atoms with Gasteiger partial charge in [-0.25, -0.2) is 4.99 Å². The third-order valence-electron chi connectivity index (χ3n) is 1.93. The lowest BCUT2D eigenvalue weighted by molar-refractivity contribution is -0.137. The Kier molecular flexibility index (Phi) is 2.06. The highest BCUT2D eigenvalue weighted by Gasteiger charge is 2.31. The van der Waals surface area contributed by atoms with Crippen LogP contribution in [-0.2, 0) is 6.18 Å². The summed E-state index contributed by atoms with van der Waals surface area (Å²) in [5.41, 5.74) is 4.71. The molecule has 0 atom stereocenters. The molecule has 0 fully saturated rings. The molecule has 15 heavy (non-hydrogen) atoms.